The molecule has 0 aromatic heterocycles. The van der Waals surface area contributed by atoms with E-state index in [4.69, 9.17) is 4.74 Å². The van der Waals surface area contributed by atoms with Crippen LogP contribution in [0.25, 0.3) is 0 Å². The van der Waals surface area contributed by atoms with E-state index in [9.17, 15) is 56.9 Å². The smallest absolute Gasteiger partial charge is 0.416 e. The largest absolute Gasteiger partial charge is 0.494 e. The Labute approximate surface area is 379 Å². The zero-order valence-corrected chi connectivity index (χ0v) is 35.9. The molecule has 0 aliphatic heterocycles. The lowest BCUT2D eigenvalue weighted by atomic mass is 9.13. The third kappa shape index (κ3) is 12.0. The Morgan fingerprint density at radius 1 is 0.448 bits per heavy atom. The maximum absolute atomic E-state index is 13.7. The Balaban J connectivity index is 0.000000244. The molecule has 16 heteroatoms. The molecule has 0 aliphatic carbocycles. The second-order valence-corrected chi connectivity index (χ2v) is 17.5. The van der Waals surface area contributed by atoms with Crippen LogP contribution in [-0.4, -0.2) is 12.8 Å². The Morgan fingerprint density at radius 2 is 0.776 bits per heavy atom. The minimum Gasteiger partial charge on any atom is -0.494 e. The summed E-state index contributed by atoms with van der Waals surface area (Å²) in [6.07, 6.45) is -22.0. The molecule has 0 spiro atoms. The fourth-order valence-corrected chi connectivity index (χ4v) is 9.46. The van der Waals surface area contributed by atoms with Crippen LogP contribution in [0.1, 0.15) is 40.3 Å². The van der Waals surface area contributed by atoms with E-state index < -0.39 is 63.0 Å². The topological polar surface area (TPSA) is 26.3 Å². The van der Waals surface area contributed by atoms with Crippen molar-refractivity contribution in [2.75, 3.05) is 6.61 Å². The highest BCUT2D eigenvalue weighted by molar-refractivity contribution is 8.06. The van der Waals surface area contributed by atoms with Gasteiger partial charge in [-0.3, -0.25) is 0 Å². The number of benzene rings is 7. The summed E-state index contributed by atoms with van der Waals surface area (Å²) in [5, 5.41) is 3.06. The quantitative estimate of drug-likeness (QED) is 0.0624. The van der Waals surface area contributed by atoms with E-state index in [0.717, 1.165) is 70.3 Å². The van der Waals surface area contributed by atoms with Crippen LogP contribution in [0.2, 0.25) is 0 Å². The molecule has 7 aromatic rings. The third-order valence-corrected chi connectivity index (χ3v) is 13.0. The number of hydrogen-bond donors (Lipinski definition) is 0. The van der Waals surface area contributed by atoms with Crippen LogP contribution < -0.4 is 26.6 Å². The van der Waals surface area contributed by atoms with Gasteiger partial charge in [0.1, 0.15) is 11.9 Å². The van der Waals surface area contributed by atoms with E-state index in [1.807, 2.05) is 91.9 Å². The monoisotopic (exact) mass is 952 g/mol. The van der Waals surface area contributed by atoms with Crippen LogP contribution in [0.3, 0.4) is 0 Å². The number of ether oxygens (including phenoxy) is 1. The first-order valence-corrected chi connectivity index (χ1v) is 22.0. The minimum absolute atomic E-state index is 0.0114. The van der Waals surface area contributed by atoms with Crippen molar-refractivity contribution in [3.8, 4) is 16.9 Å². The standard InChI is InChI=1S/C28H16BF12.C23H21O2S/c30-25(31,32)17-1-9-21(10-2-17)29(22-11-3-18(4-12-22)26(33,34)35,23-13-5-19(6-14-23)27(36,37)38)24-15-7-20(8-16-24)28(39,40)41;1-2-25-22-15-13-21(14-16-22)19-26(24,23-11-7-4-8-12-23)18-17-20-9-5-3-6-10-20/h1-16H;3-16H,2,19H2,1H3/q-1;+1. The number of halogens is 12. The maximum Gasteiger partial charge on any atom is 0.416 e. The van der Waals surface area contributed by atoms with Gasteiger partial charge in [-0.1, -0.05) is 150 Å². The molecular formula is C51H37BF12O2S. The lowest BCUT2D eigenvalue weighted by molar-refractivity contribution is -0.138. The van der Waals surface area contributed by atoms with Gasteiger partial charge in [0, 0.05) is 11.1 Å². The molecule has 2 nitrogen and oxygen atoms in total. The molecular weight excluding hydrogens is 915 g/mol. The normalized spacial score (nSPS) is 13.0. The summed E-state index contributed by atoms with van der Waals surface area (Å²) in [5.74, 6) is 4.28. The lowest BCUT2D eigenvalue weighted by Crippen LogP contribution is -2.74. The van der Waals surface area contributed by atoms with Crippen LogP contribution in [-0.2, 0) is 44.6 Å². The van der Waals surface area contributed by atoms with Crippen LogP contribution in [0.5, 0.6) is 5.75 Å². The zero-order chi connectivity index (χ0) is 48.7. The van der Waals surface area contributed by atoms with E-state index in [1.54, 1.807) is 0 Å². The lowest BCUT2D eigenvalue weighted by Gasteiger charge is -2.44. The van der Waals surface area contributed by atoms with Crippen molar-refractivity contribution in [1.82, 2.24) is 0 Å². The van der Waals surface area contributed by atoms with E-state index >= 15 is 0 Å². The van der Waals surface area contributed by atoms with Crippen molar-refractivity contribution in [2.24, 2.45) is 0 Å². The number of hydrogen-bond acceptors (Lipinski definition) is 2. The molecule has 0 saturated carbocycles. The van der Waals surface area contributed by atoms with Gasteiger partial charge in [0.15, 0.2) is 25.8 Å². The van der Waals surface area contributed by atoms with Gasteiger partial charge in [-0.2, -0.15) is 74.5 Å². The van der Waals surface area contributed by atoms with E-state index in [-0.39, 0.29) is 21.9 Å². The SMILES string of the molecule is CCOc1ccc(C[S+](=O)(C#Cc2ccccc2)c2ccccc2)cc1.FC(F)(F)c1ccc([B-](c2ccc(C(F)(F)F)cc2)(c2ccc(C(F)(F)F)cc2)c2ccc(C(F)(F)F)cc2)cc1. The van der Waals surface area contributed by atoms with E-state index in [2.05, 4.69) is 11.2 Å². The Hall–Kier alpha value is -6.73. The molecule has 0 radical (unpaired) electrons. The average Bonchev–Trinajstić information content (AvgIpc) is 3.30. The highest BCUT2D eigenvalue weighted by atomic mass is 32.2. The van der Waals surface area contributed by atoms with Gasteiger partial charge in [-0.25, -0.2) is 0 Å². The highest BCUT2D eigenvalue weighted by Crippen LogP contribution is 2.33. The third-order valence-electron chi connectivity index (χ3n) is 10.8. The Kier molecular flexibility index (Phi) is 14.9. The van der Waals surface area contributed by atoms with Gasteiger partial charge in [-0.05, 0) is 49.2 Å². The summed E-state index contributed by atoms with van der Waals surface area (Å²) in [6.45, 7) is 2.58. The van der Waals surface area contributed by atoms with Gasteiger partial charge in [0.25, 0.3) is 0 Å². The molecule has 7 rings (SSSR count). The van der Waals surface area contributed by atoms with Gasteiger partial charge < -0.3 is 4.74 Å². The molecule has 0 bridgehead atoms. The second kappa shape index (κ2) is 20.0. The minimum atomic E-state index is -4.77. The molecule has 0 heterocycles. The van der Waals surface area contributed by atoms with Crippen LogP contribution in [0.15, 0.2) is 187 Å². The summed E-state index contributed by atoms with van der Waals surface area (Å²) in [6, 6.07) is 40.4. The molecule has 0 N–H and O–H groups in total. The zero-order valence-electron chi connectivity index (χ0n) is 35.1. The Bertz CT molecular complexity index is 2580. The summed E-state index contributed by atoms with van der Waals surface area (Å²) >= 11 is 0. The highest BCUT2D eigenvalue weighted by Gasteiger charge is 2.38. The summed E-state index contributed by atoms with van der Waals surface area (Å²) in [4.78, 5) is 0.761. The van der Waals surface area contributed by atoms with Crippen molar-refractivity contribution in [3.05, 3.63) is 215 Å². The van der Waals surface area contributed by atoms with Crippen molar-refractivity contribution >= 4 is 37.9 Å². The van der Waals surface area contributed by atoms with Crippen LogP contribution in [0.4, 0.5) is 52.7 Å². The molecule has 0 fully saturated rings. The first-order chi connectivity index (χ1) is 31.5. The van der Waals surface area contributed by atoms with Crippen molar-refractivity contribution in [1.29, 1.82) is 0 Å². The molecule has 1 atom stereocenters. The fraction of sp³-hybridized carbons (Fsp3) is 0.137. The van der Waals surface area contributed by atoms with Crippen molar-refractivity contribution < 1.29 is 61.6 Å². The van der Waals surface area contributed by atoms with Gasteiger partial charge in [-0.15, -0.1) is 0 Å². The van der Waals surface area contributed by atoms with E-state index in [1.165, 1.54) is 0 Å². The van der Waals surface area contributed by atoms with Gasteiger partial charge in [0.05, 0.1) is 28.9 Å². The van der Waals surface area contributed by atoms with Gasteiger partial charge in [0.2, 0.25) is 0 Å². The number of rotatable bonds is 9. The Morgan fingerprint density at radius 3 is 1.09 bits per heavy atom. The van der Waals surface area contributed by atoms with Crippen molar-refractivity contribution in [3.63, 3.8) is 0 Å². The average molecular weight is 953 g/mol. The summed E-state index contributed by atoms with van der Waals surface area (Å²) in [7, 11) is -2.55. The predicted molar refractivity (Wildman–Crippen MR) is 237 cm³/mol. The molecule has 0 saturated heterocycles. The number of alkyl halides is 12. The summed E-state index contributed by atoms with van der Waals surface area (Å²) < 4.78 is 179. The second-order valence-electron chi connectivity index (χ2n) is 15.1. The summed E-state index contributed by atoms with van der Waals surface area (Å²) in [5.41, 5.74) is -2.45. The molecule has 0 amide bonds. The predicted octanol–water partition coefficient (Wildman–Crippen LogP) is 12.3. The first kappa shape index (κ1) is 49.7. The van der Waals surface area contributed by atoms with Crippen LogP contribution in [0, 0.1) is 11.2 Å². The molecule has 67 heavy (non-hydrogen) atoms. The molecule has 346 valence electrons. The van der Waals surface area contributed by atoms with Gasteiger partial charge >= 0.3 is 24.7 Å². The van der Waals surface area contributed by atoms with Crippen molar-refractivity contribution in [2.45, 2.75) is 42.3 Å². The fourth-order valence-electron chi connectivity index (χ4n) is 7.56. The van der Waals surface area contributed by atoms with Crippen LogP contribution >= 0.6 is 0 Å². The molecule has 7 aromatic carbocycles. The first-order valence-electron chi connectivity index (χ1n) is 20.3. The molecule has 0 aliphatic rings. The van der Waals surface area contributed by atoms with E-state index in [0.29, 0.717) is 60.9 Å². The maximum atomic E-state index is 13.7. The molecule has 1 unspecified atom stereocenters.